The molecule has 0 aliphatic carbocycles. The van der Waals surface area contributed by atoms with Gasteiger partial charge in [0, 0.05) is 6.20 Å². The first-order valence-electron chi connectivity index (χ1n) is 5.98. The van der Waals surface area contributed by atoms with E-state index in [1.54, 1.807) is 18.3 Å². The summed E-state index contributed by atoms with van der Waals surface area (Å²) in [6.45, 7) is 3.82. The molecule has 0 aromatic carbocycles. The van der Waals surface area contributed by atoms with Crippen molar-refractivity contribution in [1.82, 2.24) is 4.98 Å². The smallest absolute Gasteiger partial charge is 0.341 e. The minimum atomic E-state index is -0.418. The van der Waals surface area contributed by atoms with Crippen molar-refractivity contribution in [3.05, 3.63) is 47.5 Å². The summed E-state index contributed by atoms with van der Waals surface area (Å²) in [6.07, 6.45) is 1.62. The lowest BCUT2D eigenvalue weighted by molar-refractivity contribution is 0.0601. The molecule has 1 atom stereocenters. The fraction of sp³-hybridized carbons (Fsp3) is 0.286. The second-order valence-corrected chi connectivity index (χ2v) is 4.21. The Labute approximate surface area is 111 Å². The number of methoxy groups -OCH3 is 1. The predicted molar refractivity (Wildman–Crippen MR) is 71.1 cm³/mol. The number of carbonyl (C=O) groups excluding carboxylic acids is 1. The molecule has 2 rings (SSSR count). The van der Waals surface area contributed by atoms with Gasteiger partial charge in [0.05, 0.1) is 13.2 Å². The SMILES string of the molecule is COC(=O)c1cccnc1NC(C)c1ccc(C)o1. The minimum absolute atomic E-state index is 0.0907. The number of aromatic nitrogens is 1. The quantitative estimate of drug-likeness (QED) is 0.856. The van der Waals surface area contributed by atoms with E-state index in [0.717, 1.165) is 11.5 Å². The van der Waals surface area contributed by atoms with Gasteiger partial charge in [-0.3, -0.25) is 0 Å². The molecule has 5 nitrogen and oxygen atoms in total. The Morgan fingerprint density at radius 1 is 1.42 bits per heavy atom. The number of pyridine rings is 1. The number of ether oxygens (including phenoxy) is 1. The highest BCUT2D eigenvalue weighted by molar-refractivity contribution is 5.94. The van der Waals surface area contributed by atoms with Gasteiger partial charge in [0.2, 0.25) is 0 Å². The van der Waals surface area contributed by atoms with Crippen LogP contribution in [-0.4, -0.2) is 18.1 Å². The zero-order valence-corrected chi connectivity index (χ0v) is 11.1. The number of nitrogens with zero attached hydrogens (tertiary/aromatic N) is 1. The molecule has 1 unspecified atom stereocenters. The van der Waals surface area contributed by atoms with Crippen molar-refractivity contribution in [2.75, 3.05) is 12.4 Å². The Morgan fingerprint density at radius 2 is 2.21 bits per heavy atom. The number of rotatable bonds is 4. The molecule has 0 saturated heterocycles. The van der Waals surface area contributed by atoms with Crippen LogP contribution in [0, 0.1) is 6.92 Å². The molecule has 5 heteroatoms. The second-order valence-electron chi connectivity index (χ2n) is 4.21. The van der Waals surface area contributed by atoms with Crippen molar-refractivity contribution in [2.45, 2.75) is 19.9 Å². The van der Waals surface area contributed by atoms with E-state index in [-0.39, 0.29) is 6.04 Å². The average Bonchev–Trinajstić information content (AvgIpc) is 2.85. The third-order valence-electron chi connectivity index (χ3n) is 2.75. The van der Waals surface area contributed by atoms with E-state index in [0.29, 0.717) is 11.4 Å². The summed E-state index contributed by atoms with van der Waals surface area (Å²) < 4.78 is 10.3. The lowest BCUT2D eigenvalue weighted by Crippen LogP contribution is -2.12. The third-order valence-corrected chi connectivity index (χ3v) is 2.75. The molecule has 0 aliphatic heterocycles. The number of hydrogen-bond donors (Lipinski definition) is 1. The van der Waals surface area contributed by atoms with Crippen LogP contribution >= 0.6 is 0 Å². The Hall–Kier alpha value is -2.30. The Balaban J connectivity index is 2.21. The van der Waals surface area contributed by atoms with Crippen LogP contribution in [0.25, 0.3) is 0 Å². The molecule has 100 valence electrons. The largest absolute Gasteiger partial charge is 0.465 e. The van der Waals surface area contributed by atoms with E-state index >= 15 is 0 Å². The maximum atomic E-state index is 11.6. The predicted octanol–water partition coefficient (Wildman–Crippen LogP) is 2.94. The number of furan rings is 1. The van der Waals surface area contributed by atoms with Crippen molar-refractivity contribution < 1.29 is 13.9 Å². The van der Waals surface area contributed by atoms with Crippen LogP contribution in [0.1, 0.15) is 34.8 Å². The molecule has 0 amide bonds. The van der Waals surface area contributed by atoms with E-state index < -0.39 is 5.97 Å². The lowest BCUT2D eigenvalue weighted by Gasteiger charge is -2.14. The van der Waals surface area contributed by atoms with Gasteiger partial charge in [-0.2, -0.15) is 0 Å². The van der Waals surface area contributed by atoms with Crippen LogP contribution in [0.2, 0.25) is 0 Å². The van der Waals surface area contributed by atoms with Crippen LogP contribution < -0.4 is 5.32 Å². The molecule has 0 fully saturated rings. The zero-order chi connectivity index (χ0) is 13.8. The van der Waals surface area contributed by atoms with Gasteiger partial charge in [0.1, 0.15) is 22.9 Å². The second kappa shape index (κ2) is 5.56. The molecule has 2 heterocycles. The number of nitrogens with one attached hydrogen (secondary N) is 1. The average molecular weight is 260 g/mol. The van der Waals surface area contributed by atoms with Gasteiger partial charge in [0.25, 0.3) is 0 Å². The standard InChI is InChI=1S/C14H16N2O3/c1-9-6-7-12(19-9)10(2)16-13-11(14(17)18-3)5-4-8-15-13/h4-8,10H,1-3H3,(H,15,16). The Morgan fingerprint density at radius 3 is 2.84 bits per heavy atom. The van der Waals surface area contributed by atoms with E-state index in [9.17, 15) is 4.79 Å². The highest BCUT2D eigenvalue weighted by Crippen LogP contribution is 2.22. The first-order valence-corrected chi connectivity index (χ1v) is 5.98. The van der Waals surface area contributed by atoms with Crippen molar-refractivity contribution in [1.29, 1.82) is 0 Å². The van der Waals surface area contributed by atoms with Crippen molar-refractivity contribution in [3.8, 4) is 0 Å². The Bertz CT molecular complexity index is 578. The summed E-state index contributed by atoms with van der Waals surface area (Å²) in [6, 6.07) is 7.06. The summed E-state index contributed by atoms with van der Waals surface area (Å²) >= 11 is 0. The van der Waals surface area contributed by atoms with E-state index in [1.165, 1.54) is 7.11 Å². The number of aryl methyl sites for hydroxylation is 1. The summed E-state index contributed by atoms with van der Waals surface area (Å²) in [7, 11) is 1.35. The maximum Gasteiger partial charge on any atom is 0.341 e. The molecule has 2 aromatic heterocycles. The van der Waals surface area contributed by atoms with Gasteiger partial charge in [-0.15, -0.1) is 0 Å². The van der Waals surface area contributed by atoms with Crippen molar-refractivity contribution >= 4 is 11.8 Å². The normalized spacial score (nSPS) is 11.9. The van der Waals surface area contributed by atoms with Crippen LogP contribution in [0.4, 0.5) is 5.82 Å². The molecule has 0 radical (unpaired) electrons. The van der Waals surface area contributed by atoms with Gasteiger partial charge in [-0.1, -0.05) is 0 Å². The number of anilines is 1. The van der Waals surface area contributed by atoms with Crippen LogP contribution in [0.5, 0.6) is 0 Å². The molecule has 0 saturated carbocycles. The van der Waals surface area contributed by atoms with E-state index in [1.807, 2.05) is 26.0 Å². The van der Waals surface area contributed by atoms with Crippen molar-refractivity contribution in [2.24, 2.45) is 0 Å². The summed E-state index contributed by atoms with van der Waals surface area (Å²) in [4.78, 5) is 15.8. The number of esters is 1. The van der Waals surface area contributed by atoms with Gasteiger partial charge >= 0.3 is 5.97 Å². The summed E-state index contributed by atoms with van der Waals surface area (Å²) in [5.41, 5.74) is 0.403. The molecule has 0 aliphatic rings. The van der Waals surface area contributed by atoms with Gasteiger partial charge in [-0.25, -0.2) is 9.78 Å². The molecular formula is C14H16N2O3. The van der Waals surface area contributed by atoms with E-state index in [4.69, 9.17) is 9.15 Å². The van der Waals surface area contributed by atoms with E-state index in [2.05, 4.69) is 10.3 Å². The molecule has 0 spiro atoms. The van der Waals surface area contributed by atoms with Gasteiger partial charge < -0.3 is 14.5 Å². The lowest BCUT2D eigenvalue weighted by atomic mass is 10.2. The molecule has 2 aromatic rings. The molecule has 0 bridgehead atoms. The molecule has 1 N–H and O–H groups in total. The summed E-state index contributed by atoms with van der Waals surface area (Å²) in [5.74, 6) is 1.70. The minimum Gasteiger partial charge on any atom is -0.465 e. The Kier molecular flexibility index (Phi) is 3.85. The summed E-state index contributed by atoms with van der Waals surface area (Å²) in [5, 5.41) is 3.15. The highest BCUT2D eigenvalue weighted by atomic mass is 16.5. The highest BCUT2D eigenvalue weighted by Gasteiger charge is 2.16. The zero-order valence-electron chi connectivity index (χ0n) is 11.1. The van der Waals surface area contributed by atoms with Gasteiger partial charge in [-0.05, 0) is 38.1 Å². The monoisotopic (exact) mass is 260 g/mol. The van der Waals surface area contributed by atoms with Crippen molar-refractivity contribution in [3.63, 3.8) is 0 Å². The molecule has 19 heavy (non-hydrogen) atoms. The maximum absolute atomic E-state index is 11.6. The fourth-order valence-corrected chi connectivity index (χ4v) is 1.76. The van der Waals surface area contributed by atoms with Crippen LogP contribution in [-0.2, 0) is 4.74 Å². The first-order chi connectivity index (χ1) is 9.11. The fourth-order valence-electron chi connectivity index (χ4n) is 1.76. The number of hydrogen-bond acceptors (Lipinski definition) is 5. The first kappa shape index (κ1) is 13.1. The topological polar surface area (TPSA) is 64.4 Å². The molecular weight excluding hydrogens is 244 g/mol. The van der Waals surface area contributed by atoms with Gasteiger partial charge in [0.15, 0.2) is 0 Å². The van der Waals surface area contributed by atoms with Crippen LogP contribution in [0.3, 0.4) is 0 Å². The van der Waals surface area contributed by atoms with Crippen LogP contribution in [0.15, 0.2) is 34.9 Å². The number of carbonyl (C=O) groups is 1. The third kappa shape index (κ3) is 2.93.